The number of benzene rings is 1. The zero-order valence-electron chi connectivity index (χ0n) is 10.2. The number of nitrogens with one attached hydrogen (secondary N) is 2. The highest BCUT2D eigenvalue weighted by Crippen LogP contribution is 2.17. The van der Waals surface area contributed by atoms with Gasteiger partial charge >= 0.3 is 11.8 Å². The summed E-state index contributed by atoms with van der Waals surface area (Å²) in [7, 11) is 1.53. The number of carbonyl (C=O) groups excluding carboxylic acids is 2. The van der Waals surface area contributed by atoms with E-state index in [1.165, 1.54) is 7.11 Å². The molecule has 0 saturated heterocycles. The summed E-state index contributed by atoms with van der Waals surface area (Å²) < 4.78 is 5.85. The van der Waals surface area contributed by atoms with Crippen LogP contribution < -0.4 is 10.6 Å². The lowest BCUT2D eigenvalue weighted by Gasteiger charge is -2.08. The normalized spacial score (nSPS) is 9.94. The third kappa shape index (κ3) is 4.61. The van der Waals surface area contributed by atoms with Crippen molar-refractivity contribution >= 4 is 40.1 Å². The number of rotatable bonds is 4. The second-order valence-electron chi connectivity index (χ2n) is 3.66. The van der Waals surface area contributed by atoms with Crippen LogP contribution in [0.3, 0.4) is 0 Å². The lowest BCUT2D eigenvalue weighted by atomic mass is 10.2. The van der Waals surface area contributed by atoms with Crippen LogP contribution in [0.25, 0.3) is 0 Å². The Bertz CT molecular complexity index is 449. The third-order valence-electron chi connectivity index (χ3n) is 2.23. The number of carbonyl (C=O) groups is 2. The molecule has 0 aromatic heterocycles. The second kappa shape index (κ2) is 7.32. The first kappa shape index (κ1) is 14.9. The van der Waals surface area contributed by atoms with E-state index in [0.717, 1.165) is 9.13 Å². The van der Waals surface area contributed by atoms with E-state index >= 15 is 0 Å². The maximum Gasteiger partial charge on any atom is 0.313 e. The predicted molar refractivity (Wildman–Crippen MR) is 77.4 cm³/mol. The van der Waals surface area contributed by atoms with Crippen LogP contribution in [0.4, 0.5) is 5.69 Å². The third-order valence-corrected chi connectivity index (χ3v) is 2.91. The molecular formula is C12H15IN2O3. The fourth-order valence-corrected chi connectivity index (χ4v) is 1.94. The minimum absolute atomic E-state index is 0.314. The van der Waals surface area contributed by atoms with Gasteiger partial charge in [0, 0.05) is 22.9 Å². The van der Waals surface area contributed by atoms with Gasteiger partial charge in [0.1, 0.15) is 0 Å². The topological polar surface area (TPSA) is 67.4 Å². The molecule has 0 heterocycles. The van der Waals surface area contributed by atoms with Crippen molar-refractivity contribution in [2.45, 2.75) is 6.92 Å². The molecule has 0 unspecified atom stereocenters. The number of aryl methyl sites for hydroxylation is 1. The van der Waals surface area contributed by atoms with Gasteiger partial charge in [0.25, 0.3) is 0 Å². The molecule has 0 radical (unpaired) electrons. The SMILES string of the molecule is COCCNC(=O)C(=O)Nc1ccc(I)cc1C. The van der Waals surface area contributed by atoms with Gasteiger partial charge < -0.3 is 15.4 Å². The van der Waals surface area contributed by atoms with Crippen LogP contribution >= 0.6 is 22.6 Å². The number of hydrogen-bond donors (Lipinski definition) is 2. The van der Waals surface area contributed by atoms with Crippen molar-refractivity contribution in [3.8, 4) is 0 Å². The summed E-state index contributed by atoms with van der Waals surface area (Å²) in [6.07, 6.45) is 0. The molecule has 0 saturated carbocycles. The number of anilines is 1. The Morgan fingerprint density at radius 3 is 2.67 bits per heavy atom. The quantitative estimate of drug-likeness (QED) is 0.482. The Hall–Kier alpha value is -1.15. The maximum absolute atomic E-state index is 11.6. The highest BCUT2D eigenvalue weighted by atomic mass is 127. The van der Waals surface area contributed by atoms with Gasteiger partial charge in [-0.05, 0) is 53.3 Å². The predicted octanol–water partition coefficient (Wildman–Crippen LogP) is 1.30. The molecule has 0 atom stereocenters. The van der Waals surface area contributed by atoms with Gasteiger partial charge in [-0.3, -0.25) is 9.59 Å². The molecule has 2 N–H and O–H groups in total. The number of halogens is 1. The summed E-state index contributed by atoms with van der Waals surface area (Å²) in [5.74, 6) is -1.33. The lowest BCUT2D eigenvalue weighted by molar-refractivity contribution is -0.136. The summed E-state index contributed by atoms with van der Waals surface area (Å²) in [6.45, 7) is 2.57. The number of methoxy groups -OCH3 is 1. The van der Waals surface area contributed by atoms with Crippen LogP contribution in [-0.4, -0.2) is 32.1 Å². The van der Waals surface area contributed by atoms with E-state index < -0.39 is 11.8 Å². The van der Waals surface area contributed by atoms with E-state index in [9.17, 15) is 9.59 Å². The van der Waals surface area contributed by atoms with Crippen molar-refractivity contribution < 1.29 is 14.3 Å². The van der Waals surface area contributed by atoms with Crippen molar-refractivity contribution in [3.63, 3.8) is 0 Å². The van der Waals surface area contributed by atoms with Gasteiger partial charge in [-0.2, -0.15) is 0 Å². The van der Waals surface area contributed by atoms with E-state index in [4.69, 9.17) is 4.74 Å². The Balaban J connectivity index is 2.56. The molecule has 6 heteroatoms. The van der Waals surface area contributed by atoms with E-state index in [1.54, 1.807) is 6.07 Å². The van der Waals surface area contributed by atoms with Crippen molar-refractivity contribution in [1.29, 1.82) is 0 Å². The molecule has 98 valence electrons. The van der Waals surface area contributed by atoms with Gasteiger partial charge in [0.2, 0.25) is 0 Å². The second-order valence-corrected chi connectivity index (χ2v) is 4.91. The van der Waals surface area contributed by atoms with Gasteiger partial charge in [-0.25, -0.2) is 0 Å². The zero-order chi connectivity index (χ0) is 13.5. The average molecular weight is 362 g/mol. The van der Waals surface area contributed by atoms with Crippen molar-refractivity contribution in [2.75, 3.05) is 25.6 Å². The minimum atomic E-state index is -0.671. The molecule has 0 aliphatic rings. The van der Waals surface area contributed by atoms with Gasteiger partial charge in [0.05, 0.1) is 6.61 Å². The largest absolute Gasteiger partial charge is 0.383 e. The average Bonchev–Trinajstić information content (AvgIpc) is 2.32. The summed E-state index contributed by atoms with van der Waals surface area (Å²) in [5, 5.41) is 5.03. The molecule has 0 spiro atoms. The number of hydrogen-bond acceptors (Lipinski definition) is 3. The van der Waals surface area contributed by atoms with Crippen LogP contribution in [0.5, 0.6) is 0 Å². The molecule has 1 aromatic rings. The van der Waals surface area contributed by atoms with E-state index in [1.807, 2.05) is 19.1 Å². The van der Waals surface area contributed by atoms with E-state index in [0.29, 0.717) is 18.8 Å². The molecular weight excluding hydrogens is 347 g/mol. The number of amides is 2. The first-order valence-corrected chi connectivity index (χ1v) is 6.46. The van der Waals surface area contributed by atoms with Gasteiger partial charge in [-0.1, -0.05) is 0 Å². The summed E-state index contributed by atoms with van der Waals surface area (Å²) in [6, 6.07) is 5.57. The molecule has 0 fully saturated rings. The Labute approximate surface area is 119 Å². The van der Waals surface area contributed by atoms with Gasteiger partial charge in [0.15, 0.2) is 0 Å². The van der Waals surface area contributed by atoms with E-state index in [2.05, 4.69) is 33.2 Å². The van der Waals surface area contributed by atoms with Crippen LogP contribution in [0.1, 0.15) is 5.56 Å². The molecule has 1 rings (SSSR count). The summed E-state index contributed by atoms with van der Waals surface area (Å²) >= 11 is 2.19. The van der Waals surface area contributed by atoms with E-state index in [-0.39, 0.29) is 0 Å². The van der Waals surface area contributed by atoms with Crippen LogP contribution in [-0.2, 0) is 14.3 Å². The summed E-state index contributed by atoms with van der Waals surface area (Å²) in [4.78, 5) is 23.0. The molecule has 0 aliphatic carbocycles. The monoisotopic (exact) mass is 362 g/mol. The molecule has 18 heavy (non-hydrogen) atoms. The number of ether oxygens (including phenoxy) is 1. The Kier molecular flexibility index (Phi) is 6.06. The molecule has 5 nitrogen and oxygen atoms in total. The Morgan fingerprint density at radius 2 is 2.06 bits per heavy atom. The van der Waals surface area contributed by atoms with Crippen molar-refractivity contribution in [2.24, 2.45) is 0 Å². The smallest absolute Gasteiger partial charge is 0.313 e. The van der Waals surface area contributed by atoms with Crippen molar-refractivity contribution in [1.82, 2.24) is 5.32 Å². The minimum Gasteiger partial charge on any atom is -0.383 e. The summed E-state index contributed by atoms with van der Waals surface area (Å²) in [5.41, 5.74) is 1.56. The first-order valence-electron chi connectivity index (χ1n) is 5.39. The fourth-order valence-electron chi connectivity index (χ4n) is 1.29. The molecule has 2 amide bonds. The molecule has 0 bridgehead atoms. The maximum atomic E-state index is 11.6. The molecule has 1 aromatic carbocycles. The van der Waals surface area contributed by atoms with Crippen LogP contribution in [0.2, 0.25) is 0 Å². The van der Waals surface area contributed by atoms with Crippen LogP contribution in [0.15, 0.2) is 18.2 Å². The van der Waals surface area contributed by atoms with Crippen molar-refractivity contribution in [3.05, 3.63) is 27.3 Å². The molecule has 0 aliphatic heterocycles. The standard InChI is InChI=1S/C12H15IN2O3/c1-8-7-9(13)3-4-10(8)15-12(17)11(16)14-5-6-18-2/h3-4,7H,5-6H2,1-2H3,(H,14,16)(H,15,17). The lowest BCUT2D eigenvalue weighted by Crippen LogP contribution is -2.37. The van der Waals surface area contributed by atoms with Gasteiger partial charge in [-0.15, -0.1) is 0 Å². The Morgan fingerprint density at radius 1 is 1.33 bits per heavy atom. The highest BCUT2D eigenvalue weighted by Gasteiger charge is 2.13. The van der Waals surface area contributed by atoms with Crippen LogP contribution in [0, 0.1) is 10.5 Å². The highest BCUT2D eigenvalue weighted by molar-refractivity contribution is 14.1. The zero-order valence-corrected chi connectivity index (χ0v) is 12.4. The fraction of sp³-hybridized carbons (Fsp3) is 0.333. The first-order chi connectivity index (χ1) is 8.54.